The van der Waals surface area contributed by atoms with Crippen molar-refractivity contribution in [2.75, 3.05) is 31.8 Å². The molecule has 0 aliphatic carbocycles. The average molecular weight is 277 g/mol. The summed E-state index contributed by atoms with van der Waals surface area (Å²) >= 11 is 1.14. The fourth-order valence-corrected chi connectivity index (χ4v) is 2.36. The number of aliphatic carboxylic acids is 1. The molecule has 0 aromatic carbocycles. The molecule has 0 bridgehead atoms. The third-order valence-corrected chi connectivity index (χ3v) is 3.59. The Morgan fingerprint density at radius 3 is 2.33 bits per heavy atom. The topological polar surface area (TPSA) is 66.8 Å². The van der Waals surface area contributed by atoms with Crippen molar-refractivity contribution < 1.29 is 19.4 Å². The van der Waals surface area contributed by atoms with E-state index in [9.17, 15) is 9.59 Å². The number of hydrogen-bond donors (Lipinski definition) is 1. The normalized spacial score (nSPS) is 10.7. The highest BCUT2D eigenvalue weighted by Gasteiger charge is 2.20. The van der Waals surface area contributed by atoms with Crippen LogP contribution < -0.4 is 0 Å². The first-order valence-electron chi connectivity index (χ1n) is 6.14. The lowest BCUT2D eigenvalue weighted by Gasteiger charge is -2.30. The first-order chi connectivity index (χ1) is 8.56. The number of nitrogens with zero attached hydrogens (tertiary/aromatic N) is 1. The maximum Gasteiger partial charge on any atom is 0.313 e. The van der Waals surface area contributed by atoms with E-state index >= 15 is 0 Å². The van der Waals surface area contributed by atoms with Gasteiger partial charge in [-0.25, -0.2) is 0 Å². The van der Waals surface area contributed by atoms with E-state index in [0.717, 1.165) is 24.6 Å². The van der Waals surface area contributed by atoms with Gasteiger partial charge in [-0.05, 0) is 12.8 Å². The Balaban J connectivity index is 4.33. The first-order valence-corrected chi connectivity index (χ1v) is 7.30. The quantitative estimate of drug-likeness (QED) is 0.655. The van der Waals surface area contributed by atoms with Crippen LogP contribution in [0.2, 0.25) is 0 Å². The fourth-order valence-electron chi connectivity index (χ4n) is 1.74. The molecule has 0 atom stereocenters. The van der Waals surface area contributed by atoms with Gasteiger partial charge in [-0.15, -0.1) is 11.8 Å². The van der Waals surface area contributed by atoms with Gasteiger partial charge in [-0.2, -0.15) is 0 Å². The van der Waals surface area contributed by atoms with Gasteiger partial charge >= 0.3 is 5.97 Å². The Kier molecular flexibility index (Phi) is 9.77. The van der Waals surface area contributed by atoms with Crippen LogP contribution >= 0.6 is 11.8 Å². The number of hydrogen-bond acceptors (Lipinski definition) is 4. The van der Waals surface area contributed by atoms with E-state index in [1.54, 1.807) is 12.0 Å². The van der Waals surface area contributed by atoms with Crippen molar-refractivity contribution >= 4 is 23.6 Å². The zero-order valence-electron chi connectivity index (χ0n) is 11.3. The Hall–Kier alpha value is -0.750. The van der Waals surface area contributed by atoms with Gasteiger partial charge in [-0.1, -0.05) is 13.8 Å². The van der Waals surface area contributed by atoms with Crippen LogP contribution in [-0.4, -0.2) is 59.7 Å². The molecule has 1 amide bonds. The minimum Gasteiger partial charge on any atom is -0.481 e. The van der Waals surface area contributed by atoms with Gasteiger partial charge in [0, 0.05) is 19.7 Å². The van der Waals surface area contributed by atoms with Gasteiger partial charge < -0.3 is 14.7 Å². The second kappa shape index (κ2) is 10.2. The molecule has 0 saturated heterocycles. The van der Waals surface area contributed by atoms with Crippen molar-refractivity contribution in [2.45, 2.75) is 32.7 Å². The molecule has 0 aromatic rings. The van der Waals surface area contributed by atoms with Crippen LogP contribution in [0, 0.1) is 0 Å². The molecular weight excluding hydrogens is 254 g/mol. The van der Waals surface area contributed by atoms with Gasteiger partial charge in [0.1, 0.15) is 0 Å². The lowest BCUT2D eigenvalue weighted by atomic mass is 10.1. The smallest absolute Gasteiger partial charge is 0.313 e. The molecule has 0 radical (unpaired) electrons. The summed E-state index contributed by atoms with van der Waals surface area (Å²) in [5.74, 6) is -0.718. The second-order valence-corrected chi connectivity index (χ2v) is 4.92. The van der Waals surface area contributed by atoms with E-state index in [1.807, 2.05) is 13.8 Å². The van der Waals surface area contributed by atoms with Gasteiger partial charge in [0.2, 0.25) is 5.91 Å². The molecule has 5 nitrogen and oxygen atoms in total. The van der Waals surface area contributed by atoms with Crippen LogP contribution in [0.15, 0.2) is 0 Å². The van der Waals surface area contributed by atoms with E-state index in [1.165, 1.54) is 0 Å². The number of rotatable bonds is 10. The molecule has 0 fully saturated rings. The third-order valence-electron chi connectivity index (χ3n) is 2.69. The zero-order valence-corrected chi connectivity index (χ0v) is 12.2. The minimum atomic E-state index is -0.890. The van der Waals surface area contributed by atoms with Crippen molar-refractivity contribution in [2.24, 2.45) is 0 Å². The third kappa shape index (κ3) is 6.86. The highest BCUT2D eigenvalue weighted by molar-refractivity contribution is 8.00. The fraction of sp³-hybridized carbons (Fsp3) is 0.833. The number of carbonyl (C=O) groups excluding carboxylic acids is 1. The summed E-state index contributed by atoms with van der Waals surface area (Å²) in [6.45, 7) is 5.17. The molecule has 0 aliphatic rings. The van der Waals surface area contributed by atoms with Crippen molar-refractivity contribution in [3.8, 4) is 0 Å². The van der Waals surface area contributed by atoms with E-state index in [0.29, 0.717) is 13.2 Å². The number of carboxylic acid groups (broad SMARTS) is 1. The van der Waals surface area contributed by atoms with E-state index in [-0.39, 0.29) is 23.5 Å². The van der Waals surface area contributed by atoms with Gasteiger partial charge in [0.05, 0.1) is 18.1 Å². The maximum absolute atomic E-state index is 12.0. The second-order valence-electron chi connectivity index (χ2n) is 3.94. The highest BCUT2D eigenvalue weighted by Crippen LogP contribution is 2.11. The Bertz CT molecular complexity index is 256. The van der Waals surface area contributed by atoms with Crippen LogP contribution in [-0.2, 0) is 14.3 Å². The number of carbonyl (C=O) groups is 2. The van der Waals surface area contributed by atoms with Crippen LogP contribution in [0.5, 0.6) is 0 Å². The molecule has 6 heteroatoms. The molecule has 18 heavy (non-hydrogen) atoms. The van der Waals surface area contributed by atoms with Crippen molar-refractivity contribution in [3.05, 3.63) is 0 Å². The Morgan fingerprint density at radius 2 is 1.89 bits per heavy atom. The lowest BCUT2D eigenvalue weighted by molar-refractivity contribution is -0.133. The molecule has 1 N–H and O–H groups in total. The number of methoxy groups -OCH3 is 1. The monoisotopic (exact) mass is 277 g/mol. The highest BCUT2D eigenvalue weighted by atomic mass is 32.2. The zero-order chi connectivity index (χ0) is 14.0. The summed E-state index contributed by atoms with van der Waals surface area (Å²) in [6.07, 6.45) is 1.80. The molecule has 0 aliphatic heterocycles. The van der Waals surface area contributed by atoms with Gasteiger partial charge in [0.15, 0.2) is 0 Å². The van der Waals surface area contributed by atoms with E-state index in [2.05, 4.69) is 0 Å². The van der Waals surface area contributed by atoms with Crippen LogP contribution in [0.25, 0.3) is 0 Å². The van der Waals surface area contributed by atoms with E-state index < -0.39 is 5.97 Å². The van der Waals surface area contributed by atoms with Crippen molar-refractivity contribution in [3.63, 3.8) is 0 Å². The number of thioether (sulfide) groups is 1. The average Bonchev–Trinajstić information content (AvgIpc) is 2.33. The molecule has 0 unspecified atom stereocenters. The molecule has 0 spiro atoms. The molecule has 0 aromatic heterocycles. The number of carboxylic acids is 1. The number of amides is 1. The predicted octanol–water partition coefficient (Wildman–Crippen LogP) is 1.47. The van der Waals surface area contributed by atoms with E-state index in [4.69, 9.17) is 9.84 Å². The largest absolute Gasteiger partial charge is 0.481 e. The lowest BCUT2D eigenvalue weighted by Crippen LogP contribution is -2.42. The summed E-state index contributed by atoms with van der Waals surface area (Å²) in [7, 11) is 1.61. The SMILES string of the molecule is CCC(CC)N(CCOC)C(=O)CSCC(=O)O. The maximum atomic E-state index is 12.0. The van der Waals surface area contributed by atoms with Crippen LogP contribution in [0.4, 0.5) is 0 Å². The number of ether oxygens (including phenoxy) is 1. The summed E-state index contributed by atoms with van der Waals surface area (Å²) in [5.41, 5.74) is 0. The summed E-state index contributed by atoms with van der Waals surface area (Å²) in [5, 5.41) is 8.54. The van der Waals surface area contributed by atoms with Gasteiger partial charge in [0.25, 0.3) is 0 Å². The van der Waals surface area contributed by atoms with Crippen LogP contribution in [0.3, 0.4) is 0 Å². The standard InChI is InChI=1S/C12H23NO4S/c1-4-10(5-2)13(6-7-17-3)11(14)8-18-9-12(15)16/h10H,4-9H2,1-3H3,(H,15,16). The minimum absolute atomic E-state index is 0.00741. The first kappa shape index (κ1) is 17.2. The van der Waals surface area contributed by atoms with Crippen molar-refractivity contribution in [1.29, 1.82) is 0 Å². The molecule has 0 heterocycles. The Morgan fingerprint density at radius 1 is 1.28 bits per heavy atom. The van der Waals surface area contributed by atoms with Gasteiger partial charge in [-0.3, -0.25) is 9.59 Å². The predicted molar refractivity (Wildman–Crippen MR) is 72.9 cm³/mol. The Labute approximate surface area is 113 Å². The summed E-state index contributed by atoms with van der Waals surface area (Å²) in [4.78, 5) is 24.3. The summed E-state index contributed by atoms with van der Waals surface area (Å²) < 4.78 is 5.01. The van der Waals surface area contributed by atoms with Crippen LogP contribution in [0.1, 0.15) is 26.7 Å². The molecule has 106 valence electrons. The molecule has 0 rings (SSSR count). The molecule has 0 saturated carbocycles. The van der Waals surface area contributed by atoms with Crippen molar-refractivity contribution in [1.82, 2.24) is 4.90 Å². The molecular formula is C12H23NO4S. The summed E-state index contributed by atoms with van der Waals surface area (Å²) in [6, 6.07) is 0.207.